The van der Waals surface area contributed by atoms with Gasteiger partial charge in [0.1, 0.15) is 0 Å². The van der Waals surface area contributed by atoms with E-state index in [2.05, 4.69) is 25.8 Å². The molecule has 0 amide bonds. The van der Waals surface area contributed by atoms with Crippen molar-refractivity contribution in [3.05, 3.63) is 6.54 Å². The summed E-state index contributed by atoms with van der Waals surface area (Å²) in [6.07, 6.45) is 3.81. The first-order valence-electron chi connectivity index (χ1n) is 5.25. The summed E-state index contributed by atoms with van der Waals surface area (Å²) in [6, 6.07) is 0. The molecule has 0 spiro atoms. The van der Waals surface area contributed by atoms with Gasteiger partial charge in [-0.3, -0.25) is 4.99 Å². The second-order valence-corrected chi connectivity index (χ2v) is 5.06. The second kappa shape index (κ2) is 5.69. The number of thioether (sulfide) groups is 1. The van der Waals surface area contributed by atoms with Crippen LogP contribution in [0.5, 0.6) is 0 Å². The van der Waals surface area contributed by atoms with Gasteiger partial charge in [0.2, 0.25) is 0 Å². The third-order valence-corrected chi connectivity index (χ3v) is 3.71. The van der Waals surface area contributed by atoms with Crippen LogP contribution in [0.25, 0.3) is 0 Å². The molecule has 1 aliphatic rings. The van der Waals surface area contributed by atoms with Gasteiger partial charge in [0.25, 0.3) is 0 Å². The summed E-state index contributed by atoms with van der Waals surface area (Å²) in [5.74, 6) is 2.79. The van der Waals surface area contributed by atoms with Crippen LogP contribution in [0.4, 0.5) is 0 Å². The molecule has 1 rings (SSSR count). The Kier molecular flexibility index (Phi) is 4.86. The second-order valence-electron chi connectivity index (χ2n) is 3.97. The lowest BCUT2D eigenvalue weighted by Gasteiger charge is -2.18. The van der Waals surface area contributed by atoms with Crippen LogP contribution in [-0.4, -0.2) is 10.8 Å². The average Bonchev–Trinajstić information content (AvgIpc) is 2.57. The summed E-state index contributed by atoms with van der Waals surface area (Å²) in [5, 5.41) is 1.35. The smallest absolute Gasteiger partial charge is 0.0835 e. The Balaban J connectivity index is 2.23. The predicted octanol–water partition coefficient (Wildman–Crippen LogP) is 3.76. The molecule has 13 heavy (non-hydrogen) atoms. The fraction of sp³-hybridized carbons (Fsp3) is 0.818. The van der Waals surface area contributed by atoms with E-state index in [0.29, 0.717) is 0 Å². The molecule has 1 radical (unpaired) electrons. The van der Waals surface area contributed by atoms with Crippen molar-refractivity contribution >= 4 is 16.8 Å². The minimum atomic E-state index is 0.820. The van der Waals surface area contributed by atoms with E-state index in [-0.39, 0.29) is 0 Å². The van der Waals surface area contributed by atoms with Crippen LogP contribution in [0.3, 0.4) is 0 Å². The summed E-state index contributed by atoms with van der Waals surface area (Å²) in [4.78, 5) is 4.36. The van der Waals surface area contributed by atoms with E-state index in [4.69, 9.17) is 0 Å². The monoisotopic (exact) mass is 198 g/mol. The van der Waals surface area contributed by atoms with E-state index in [9.17, 15) is 0 Å². The minimum Gasteiger partial charge on any atom is -0.276 e. The highest BCUT2D eigenvalue weighted by atomic mass is 32.2. The highest BCUT2D eigenvalue weighted by Crippen LogP contribution is 2.25. The van der Waals surface area contributed by atoms with E-state index in [1.807, 2.05) is 18.3 Å². The summed E-state index contributed by atoms with van der Waals surface area (Å²) in [6.45, 7) is 8.96. The molecule has 75 valence electrons. The zero-order valence-electron chi connectivity index (χ0n) is 8.92. The van der Waals surface area contributed by atoms with E-state index in [1.54, 1.807) is 0 Å². The molecule has 0 fully saturated rings. The van der Waals surface area contributed by atoms with Gasteiger partial charge in [0.05, 0.1) is 11.6 Å². The molecular formula is C11H20NS. The Morgan fingerprint density at radius 2 is 2.31 bits per heavy atom. The largest absolute Gasteiger partial charge is 0.276 e. The van der Waals surface area contributed by atoms with Crippen molar-refractivity contribution in [2.45, 2.75) is 40.0 Å². The third-order valence-electron chi connectivity index (χ3n) is 2.76. The van der Waals surface area contributed by atoms with E-state index in [0.717, 1.165) is 17.6 Å². The SMILES string of the molecule is CCC(CCC1=N[CH]CS1)C(C)C. The maximum absolute atomic E-state index is 4.36. The van der Waals surface area contributed by atoms with Gasteiger partial charge < -0.3 is 0 Å². The van der Waals surface area contributed by atoms with E-state index >= 15 is 0 Å². The Labute approximate surface area is 86.4 Å². The van der Waals surface area contributed by atoms with E-state index < -0.39 is 0 Å². The van der Waals surface area contributed by atoms with Gasteiger partial charge in [0, 0.05) is 5.75 Å². The van der Waals surface area contributed by atoms with Gasteiger partial charge in [-0.2, -0.15) is 0 Å². The van der Waals surface area contributed by atoms with Crippen LogP contribution in [-0.2, 0) is 0 Å². The number of hydrogen-bond acceptors (Lipinski definition) is 2. The first-order valence-corrected chi connectivity index (χ1v) is 6.23. The number of nitrogens with zero attached hydrogens (tertiary/aromatic N) is 1. The van der Waals surface area contributed by atoms with Gasteiger partial charge >= 0.3 is 0 Å². The molecule has 1 nitrogen and oxygen atoms in total. The van der Waals surface area contributed by atoms with Crippen LogP contribution in [0.2, 0.25) is 0 Å². The van der Waals surface area contributed by atoms with Crippen molar-refractivity contribution in [2.24, 2.45) is 16.8 Å². The molecule has 0 N–H and O–H groups in total. The number of hydrogen-bond donors (Lipinski definition) is 0. The first kappa shape index (κ1) is 11.1. The van der Waals surface area contributed by atoms with E-state index in [1.165, 1.54) is 24.3 Å². The molecule has 0 saturated carbocycles. The summed E-state index contributed by atoms with van der Waals surface area (Å²) in [7, 11) is 0. The van der Waals surface area contributed by atoms with Crippen LogP contribution in [0.15, 0.2) is 4.99 Å². The van der Waals surface area contributed by atoms with Gasteiger partial charge in [0.15, 0.2) is 0 Å². The molecule has 2 heteroatoms. The molecule has 1 heterocycles. The Bertz CT molecular complexity index is 175. The minimum absolute atomic E-state index is 0.820. The number of aliphatic imine (C=N–C) groups is 1. The maximum Gasteiger partial charge on any atom is 0.0835 e. The number of rotatable bonds is 5. The quantitative estimate of drug-likeness (QED) is 0.655. The van der Waals surface area contributed by atoms with Crippen molar-refractivity contribution in [3.8, 4) is 0 Å². The zero-order valence-corrected chi connectivity index (χ0v) is 9.73. The fourth-order valence-electron chi connectivity index (χ4n) is 1.76. The van der Waals surface area contributed by atoms with Crippen LogP contribution >= 0.6 is 11.8 Å². The predicted molar refractivity (Wildman–Crippen MR) is 62.0 cm³/mol. The summed E-state index contributed by atoms with van der Waals surface area (Å²) < 4.78 is 0. The highest BCUT2D eigenvalue weighted by molar-refractivity contribution is 8.14. The standard InChI is InChI=1S/C11H20NS/c1-4-10(9(2)3)5-6-11-12-7-8-13-11/h7,9-10H,4-6,8H2,1-3H3. The van der Waals surface area contributed by atoms with Crippen molar-refractivity contribution in [3.63, 3.8) is 0 Å². The summed E-state index contributed by atoms with van der Waals surface area (Å²) in [5.41, 5.74) is 0. The van der Waals surface area contributed by atoms with Crippen LogP contribution in [0.1, 0.15) is 40.0 Å². The highest BCUT2D eigenvalue weighted by Gasteiger charge is 2.14. The van der Waals surface area contributed by atoms with Crippen LogP contribution in [0, 0.1) is 18.4 Å². The maximum atomic E-state index is 4.36. The van der Waals surface area contributed by atoms with Crippen molar-refractivity contribution in [1.82, 2.24) is 0 Å². The Morgan fingerprint density at radius 1 is 1.54 bits per heavy atom. The van der Waals surface area contributed by atoms with Crippen molar-refractivity contribution in [1.29, 1.82) is 0 Å². The third kappa shape index (κ3) is 3.72. The molecule has 0 aromatic carbocycles. The van der Waals surface area contributed by atoms with Gasteiger partial charge in [-0.1, -0.05) is 27.2 Å². The first-order chi connectivity index (χ1) is 6.24. The fourth-order valence-corrected chi connectivity index (χ4v) is 2.52. The molecule has 0 aliphatic carbocycles. The average molecular weight is 198 g/mol. The van der Waals surface area contributed by atoms with Crippen molar-refractivity contribution < 1.29 is 0 Å². The van der Waals surface area contributed by atoms with Crippen molar-refractivity contribution in [2.75, 3.05) is 5.75 Å². The van der Waals surface area contributed by atoms with Gasteiger partial charge in [-0.05, 0) is 24.7 Å². The molecule has 0 saturated heterocycles. The molecule has 0 bridgehead atoms. The van der Waals surface area contributed by atoms with Gasteiger partial charge in [-0.15, -0.1) is 11.8 Å². The zero-order chi connectivity index (χ0) is 9.68. The molecular weight excluding hydrogens is 178 g/mol. The lowest BCUT2D eigenvalue weighted by Crippen LogP contribution is -2.08. The van der Waals surface area contributed by atoms with Gasteiger partial charge in [-0.25, -0.2) is 0 Å². The Hall–Kier alpha value is 0.0200. The molecule has 0 aromatic heterocycles. The topological polar surface area (TPSA) is 12.4 Å². The lowest BCUT2D eigenvalue weighted by atomic mass is 9.89. The molecule has 0 aromatic rings. The van der Waals surface area contributed by atoms with Crippen LogP contribution < -0.4 is 0 Å². The molecule has 1 aliphatic heterocycles. The summed E-state index contributed by atoms with van der Waals surface area (Å²) >= 11 is 1.90. The normalized spacial score (nSPS) is 19.2. The lowest BCUT2D eigenvalue weighted by molar-refractivity contribution is 0.355. The molecule has 1 atom stereocenters. The Morgan fingerprint density at radius 3 is 2.77 bits per heavy atom. The molecule has 1 unspecified atom stereocenters.